The molecule has 0 aliphatic heterocycles. The summed E-state index contributed by atoms with van der Waals surface area (Å²) < 4.78 is 0. The zero-order valence-electron chi connectivity index (χ0n) is 10.9. The Morgan fingerprint density at radius 1 is 1.05 bits per heavy atom. The summed E-state index contributed by atoms with van der Waals surface area (Å²) in [7, 11) is 0. The van der Waals surface area contributed by atoms with Crippen LogP contribution in [-0.4, -0.2) is 16.2 Å². The van der Waals surface area contributed by atoms with Gasteiger partial charge in [-0.2, -0.15) is 0 Å². The molecule has 0 saturated carbocycles. The van der Waals surface area contributed by atoms with Crippen LogP contribution in [0.25, 0.3) is 0 Å². The molecule has 0 fully saturated rings. The molecule has 19 heavy (non-hydrogen) atoms. The number of rotatable bonds is 3. The van der Waals surface area contributed by atoms with Crippen LogP contribution >= 0.6 is 0 Å². The maximum Gasteiger partial charge on any atom is 0.345 e. The summed E-state index contributed by atoms with van der Waals surface area (Å²) in [6.07, 6.45) is 0. The summed E-state index contributed by atoms with van der Waals surface area (Å²) >= 11 is 0. The molecule has 3 nitrogen and oxygen atoms in total. The number of aliphatic hydroxyl groups is 1. The molecule has 0 aromatic heterocycles. The van der Waals surface area contributed by atoms with Crippen molar-refractivity contribution in [2.24, 2.45) is 0 Å². The largest absolute Gasteiger partial charge is 0.479 e. The van der Waals surface area contributed by atoms with Crippen LogP contribution in [0, 0.1) is 13.8 Å². The number of carbonyl (C=O) groups is 1. The van der Waals surface area contributed by atoms with Gasteiger partial charge in [0.2, 0.25) is 5.60 Å². The molecule has 2 N–H and O–H groups in total. The molecule has 0 aliphatic carbocycles. The molecular formula is C16H16O3. The van der Waals surface area contributed by atoms with Crippen molar-refractivity contribution in [1.29, 1.82) is 0 Å². The molecule has 0 bridgehead atoms. The predicted molar refractivity (Wildman–Crippen MR) is 73.0 cm³/mol. The fraction of sp³-hybridized carbons (Fsp3) is 0.188. The summed E-state index contributed by atoms with van der Waals surface area (Å²) in [5.41, 5.74) is 0.412. The smallest absolute Gasteiger partial charge is 0.345 e. The van der Waals surface area contributed by atoms with Crippen molar-refractivity contribution in [3.8, 4) is 0 Å². The van der Waals surface area contributed by atoms with E-state index in [-0.39, 0.29) is 0 Å². The van der Waals surface area contributed by atoms with Crippen LogP contribution in [0.4, 0.5) is 0 Å². The number of aryl methyl sites for hydroxylation is 2. The van der Waals surface area contributed by atoms with Gasteiger partial charge in [-0.1, -0.05) is 54.1 Å². The molecule has 2 rings (SSSR count). The minimum Gasteiger partial charge on any atom is -0.479 e. The number of aliphatic carboxylic acids is 1. The third-order valence-electron chi connectivity index (χ3n) is 3.28. The van der Waals surface area contributed by atoms with E-state index >= 15 is 0 Å². The van der Waals surface area contributed by atoms with E-state index in [1.807, 2.05) is 19.1 Å². The van der Waals surface area contributed by atoms with Gasteiger partial charge in [0.25, 0.3) is 0 Å². The zero-order chi connectivity index (χ0) is 14.0. The van der Waals surface area contributed by atoms with Gasteiger partial charge in [-0.25, -0.2) is 4.79 Å². The highest BCUT2D eigenvalue weighted by molar-refractivity contribution is 5.84. The van der Waals surface area contributed by atoms with Gasteiger partial charge >= 0.3 is 5.97 Å². The Bertz CT molecular complexity index is 605. The predicted octanol–water partition coefficient (Wildman–Crippen LogP) is 2.62. The number of carboxylic acid groups (broad SMARTS) is 1. The third kappa shape index (κ3) is 2.25. The maximum atomic E-state index is 11.6. The molecule has 0 saturated heterocycles. The van der Waals surface area contributed by atoms with Gasteiger partial charge in [-0.05, 0) is 25.0 Å². The standard InChI is InChI=1S/C16H16O3/c1-11-8-9-12(2)14(10-11)16(19,15(17)18)13-6-4-3-5-7-13/h3-10,19H,1-2H3,(H,17,18). The van der Waals surface area contributed by atoms with E-state index < -0.39 is 11.6 Å². The lowest BCUT2D eigenvalue weighted by molar-refractivity contribution is -0.155. The lowest BCUT2D eigenvalue weighted by atomic mass is 9.83. The fourth-order valence-corrected chi connectivity index (χ4v) is 2.20. The molecule has 0 amide bonds. The highest BCUT2D eigenvalue weighted by Gasteiger charge is 2.41. The monoisotopic (exact) mass is 256 g/mol. The van der Waals surface area contributed by atoms with Gasteiger partial charge in [0, 0.05) is 5.56 Å². The molecule has 0 heterocycles. The van der Waals surface area contributed by atoms with Crippen LogP contribution in [0.5, 0.6) is 0 Å². The quantitative estimate of drug-likeness (QED) is 0.887. The Balaban J connectivity index is 2.70. The topological polar surface area (TPSA) is 57.5 Å². The molecule has 3 heteroatoms. The van der Waals surface area contributed by atoms with E-state index in [1.54, 1.807) is 43.3 Å². The average molecular weight is 256 g/mol. The van der Waals surface area contributed by atoms with E-state index in [0.29, 0.717) is 11.1 Å². The highest BCUT2D eigenvalue weighted by atomic mass is 16.4. The SMILES string of the molecule is Cc1ccc(C)c(C(O)(C(=O)O)c2ccccc2)c1. The van der Waals surface area contributed by atoms with Crippen LogP contribution in [0.15, 0.2) is 48.5 Å². The fourth-order valence-electron chi connectivity index (χ4n) is 2.20. The number of hydrogen-bond donors (Lipinski definition) is 2. The number of benzene rings is 2. The van der Waals surface area contributed by atoms with Crippen LogP contribution in [0.3, 0.4) is 0 Å². The molecule has 1 unspecified atom stereocenters. The minimum atomic E-state index is -2.02. The van der Waals surface area contributed by atoms with Gasteiger partial charge in [0.05, 0.1) is 0 Å². The second kappa shape index (κ2) is 4.86. The Kier molecular flexibility index (Phi) is 3.40. The van der Waals surface area contributed by atoms with Gasteiger partial charge in [0.1, 0.15) is 0 Å². The van der Waals surface area contributed by atoms with Gasteiger partial charge in [-0.3, -0.25) is 0 Å². The van der Waals surface area contributed by atoms with Gasteiger partial charge in [0.15, 0.2) is 0 Å². The lowest BCUT2D eigenvalue weighted by Crippen LogP contribution is -2.37. The first-order valence-electron chi connectivity index (χ1n) is 6.05. The van der Waals surface area contributed by atoms with Crippen LogP contribution in [0.2, 0.25) is 0 Å². The minimum absolute atomic E-state index is 0.358. The van der Waals surface area contributed by atoms with Crippen molar-refractivity contribution in [3.05, 3.63) is 70.8 Å². The van der Waals surface area contributed by atoms with E-state index in [4.69, 9.17) is 0 Å². The summed E-state index contributed by atoms with van der Waals surface area (Å²) in [5, 5.41) is 20.2. The van der Waals surface area contributed by atoms with Crippen LogP contribution in [-0.2, 0) is 10.4 Å². The molecule has 98 valence electrons. The van der Waals surface area contributed by atoms with Crippen molar-refractivity contribution < 1.29 is 15.0 Å². The first-order valence-corrected chi connectivity index (χ1v) is 6.05. The lowest BCUT2D eigenvalue weighted by Gasteiger charge is -2.26. The summed E-state index contributed by atoms with van der Waals surface area (Å²) in [6, 6.07) is 13.9. The second-order valence-corrected chi connectivity index (χ2v) is 4.70. The number of hydrogen-bond acceptors (Lipinski definition) is 2. The normalized spacial score (nSPS) is 13.8. The summed E-state index contributed by atoms with van der Waals surface area (Å²) in [6.45, 7) is 3.67. The Morgan fingerprint density at radius 2 is 1.68 bits per heavy atom. The number of carboxylic acids is 1. The van der Waals surface area contributed by atoms with Crippen molar-refractivity contribution in [1.82, 2.24) is 0 Å². The van der Waals surface area contributed by atoms with Crippen molar-refractivity contribution >= 4 is 5.97 Å². The second-order valence-electron chi connectivity index (χ2n) is 4.70. The van der Waals surface area contributed by atoms with Crippen LogP contribution in [0.1, 0.15) is 22.3 Å². The first-order chi connectivity index (χ1) is 8.96. The third-order valence-corrected chi connectivity index (χ3v) is 3.28. The Labute approximate surface area is 112 Å². The highest BCUT2D eigenvalue weighted by Crippen LogP contribution is 2.32. The molecule has 2 aromatic carbocycles. The van der Waals surface area contributed by atoms with E-state index in [2.05, 4.69) is 0 Å². The van der Waals surface area contributed by atoms with Crippen LogP contribution < -0.4 is 0 Å². The molecule has 0 radical (unpaired) electrons. The first kappa shape index (κ1) is 13.3. The summed E-state index contributed by atoms with van der Waals surface area (Å²) in [5.74, 6) is -1.27. The average Bonchev–Trinajstić information content (AvgIpc) is 2.41. The molecule has 0 spiro atoms. The molecule has 1 atom stereocenters. The maximum absolute atomic E-state index is 11.6. The van der Waals surface area contributed by atoms with Gasteiger partial charge in [-0.15, -0.1) is 0 Å². The van der Waals surface area contributed by atoms with Gasteiger partial charge < -0.3 is 10.2 Å². The van der Waals surface area contributed by atoms with Crippen molar-refractivity contribution in [2.75, 3.05) is 0 Å². The Morgan fingerprint density at radius 3 is 2.26 bits per heavy atom. The van der Waals surface area contributed by atoms with E-state index in [0.717, 1.165) is 11.1 Å². The van der Waals surface area contributed by atoms with Crippen molar-refractivity contribution in [2.45, 2.75) is 19.4 Å². The zero-order valence-corrected chi connectivity index (χ0v) is 10.9. The van der Waals surface area contributed by atoms with E-state index in [1.165, 1.54) is 0 Å². The van der Waals surface area contributed by atoms with Crippen molar-refractivity contribution in [3.63, 3.8) is 0 Å². The molecule has 0 aliphatic rings. The molecule has 2 aromatic rings. The Hall–Kier alpha value is -2.13. The summed E-state index contributed by atoms with van der Waals surface area (Å²) in [4.78, 5) is 11.6. The van der Waals surface area contributed by atoms with E-state index in [9.17, 15) is 15.0 Å². The molecular weight excluding hydrogens is 240 g/mol.